The Balaban J connectivity index is 2.06. The molecule has 2 aromatic carbocycles. The quantitative estimate of drug-likeness (QED) is 0.864. The number of nitrogens with one attached hydrogen (secondary N) is 1. The van der Waals surface area contributed by atoms with E-state index in [9.17, 15) is 10.0 Å². The Morgan fingerprint density at radius 1 is 1.15 bits per heavy atom. The molecule has 0 aliphatic carbocycles. The maximum Gasteiger partial charge on any atom is 0.247 e. The number of amides is 1. The van der Waals surface area contributed by atoms with Crippen LogP contribution in [0.3, 0.4) is 0 Å². The molecule has 1 heterocycles. The minimum absolute atomic E-state index is 0.336. The van der Waals surface area contributed by atoms with E-state index in [4.69, 9.17) is 23.2 Å². The van der Waals surface area contributed by atoms with Crippen molar-refractivity contribution in [2.24, 2.45) is 0 Å². The van der Waals surface area contributed by atoms with Gasteiger partial charge in [-0.25, -0.2) is 0 Å². The van der Waals surface area contributed by atoms with Crippen LogP contribution in [0.2, 0.25) is 10.0 Å². The Morgan fingerprint density at radius 3 is 2.65 bits per heavy atom. The molecule has 1 aliphatic heterocycles. The molecule has 1 atom stereocenters. The van der Waals surface area contributed by atoms with Crippen LogP contribution in [0.1, 0.15) is 22.1 Å². The topological polar surface area (TPSA) is 55.4 Å². The van der Waals surface area contributed by atoms with Gasteiger partial charge in [-0.15, -0.1) is 0 Å². The Morgan fingerprint density at radius 2 is 1.90 bits per heavy atom. The highest BCUT2D eigenvalue weighted by atomic mass is 35.5. The average molecular weight is 308 g/mol. The van der Waals surface area contributed by atoms with E-state index in [1.165, 1.54) is 0 Å². The molecule has 0 bridgehead atoms. The summed E-state index contributed by atoms with van der Waals surface area (Å²) in [6, 6.07) is 11.7. The van der Waals surface area contributed by atoms with Gasteiger partial charge in [0, 0.05) is 21.3 Å². The van der Waals surface area contributed by atoms with Crippen LogP contribution in [0.25, 0.3) is 0 Å². The molecule has 0 radical (unpaired) electrons. The van der Waals surface area contributed by atoms with Gasteiger partial charge in [-0.1, -0.05) is 41.4 Å². The van der Waals surface area contributed by atoms with Crippen molar-refractivity contribution in [3.8, 4) is 0 Å². The number of fused-ring (bicyclic) bond motifs is 1. The predicted molar refractivity (Wildman–Crippen MR) is 78.8 cm³/mol. The van der Waals surface area contributed by atoms with Crippen LogP contribution in [-0.2, 0) is 0 Å². The molecule has 0 saturated carbocycles. The molecule has 1 amide bonds. The zero-order chi connectivity index (χ0) is 14.3. The lowest BCUT2D eigenvalue weighted by atomic mass is 10.1. The zero-order valence-corrected chi connectivity index (χ0v) is 11.7. The summed E-state index contributed by atoms with van der Waals surface area (Å²) in [5.74, 6) is -0.588. The Hall–Kier alpha value is -1.75. The van der Waals surface area contributed by atoms with Crippen LogP contribution in [0, 0.1) is 5.21 Å². The molecular formula is C14H9Cl2N2O2-. The zero-order valence-electron chi connectivity index (χ0n) is 10.1. The van der Waals surface area contributed by atoms with Gasteiger partial charge in [0.2, 0.25) is 5.91 Å². The summed E-state index contributed by atoms with van der Waals surface area (Å²) in [5, 5.41) is 16.4. The van der Waals surface area contributed by atoms with Crippen molar-refractivity contribution in [1.29, 1.82) is 0 Å². The monoisotopic (exact) mass is 307 g/mol. The Labute approximate surface area is 125 Å². The fraction of sp³-hybridized carbons (Fsp3) is 0.0714. The molecular weight excluding hydrogens is 299 g/mol. The van der Waals surface area contributed by atoms with Gasteiger partial charge in [0.15, 0.2) is 0 Å². The Bertz CT molecular complexity index is 691. The number of anilines is 1. The molecule has 0 aromatic heterocycles. The van der Waals surface area contributed by atoms with E-state index in [1.54, 1.807) is 42.5 Å². The molecule has 3 rings (SSSR count). The minimum Gasteiger partial charge on any atom is -0.754 e. The largest absolute Gasteiger partial charge is 0.754 e. The van der Waals surface area contributed by atoms with E-state index in [-0.39, 0.29) is 0 Å². The third kappa shape index (κ3) is 2.12. The maximum atomic E-state index is 12.1. The number of carbonyl (C=O) groups excluding carboxylic acids is 1. The standard InChI is InChI=1S/C14H9Cl2N2O2/c15-8-5-6-9(11(16)7-8)13-17-12-4-2-1-3-10(12)14(19)18(13)20/h1-7,13,17H/q-1. The summed E-state index contributed by atoms with van der Waals surface area (Å²) in [6.45, 7) is 0. The van der Waals surface area contributed by atoms with Crippen molar-refractivity contribution >= 4 is 34.8 Å². The van der Waals surface area contributed by atoms with Crippen LogP contribution in [0.15, 0.2) is 42.5 Å². The van der Waals surface area contributed by atoms with Crippen molar-refractivity contribution in [1.82, 2.24) is 5.06 Å². The van der Waals surface area contributed by atoms with Crippen LogP contribution in [0.5, 0.6) is 0 Å². The van der Waals surface area contributed by atoms with Gasteiger partial charge in [0.05, 0.1) is 5.56 Å². The predicted octanol–water partition coefficient (Wildman–Crippen LogP) is 4.06. The van der Waals surface area contributed by atoms with E-state index in [0.29, 0.717) is 31.9 Å². The smallest absolute Gasteiger partial charge is 0.247 e. The number of hydrogen-bond acceptors (Lipinski definition) is 3. The second-order valence-electron chi connectivity index (χ2n) is 4.39. The van der Waals surface area contributed by atoms with Crippen molar-refractivity contribution in [3.05, 3.63) is 68.8 Å². The van der Waals surface area contributed by atoms with E-state index < -0.39 is 12.1 Å². The van der Waals surface area contributed by atoms with Gasteiger partial charge in [0.25, 0.3) is 0 Å². The van der Waals surface area contributed by atoms with E-state index >= 15 is 0 Å². The highest BCUT2D eigenvalue weighted by molar-refractivity contribution is 6.35. The van der Waals surface area contributed by atoms with E-state index in [1.807, 2.05) is 0 Å². The highest BCUT2D eigenvalue weighted by Gasteiger charge is 2.28. The van der Waals surface area contributed by atoms with Crippen molar-refractivity contribution < 1.29 is 4.79 Å². The second-order valence-corrected chi connectivity index (χ2v) is 5.23. The molecule has 4 nitrogen and oxygen atoms in total. The fourth-order valence-corrected chi connectivity index (χ4v) is 2.68. The molecule has 1 N–H and O–H groups in total. The van der Waals surface area contributed by atoms with Gasteiger partial charge < -0.3 is 15.6 Å². The lowest BCUT2D eigenvalue weighted by Crippen LogP contribution is -2.39. The average Bonchev–Trinajstić information content (AvgIpc) is 2.43. The first-order chi connectivity index (χ1) is 9.58. The number of hydroxylamine groups is 2. The molecule has 102 valence electrons. The third-order valence-corrected chi connectivity index (χ3v) is 3.70. The molecule has 6 heteroatoms. The fourth-order valence-electron chi connectivity index (χ4n) is 2.16. The lowest BCUT2D eigenvalue weighted by molar-refractivity contribution is 0.0771. The van der Waals surface area contributed by atoms with Crippen LogP contribution in [0.4, 0.5) is 5.69 Å². The summed E-state index contributed by atoms with van der Waals surface area (Å²) in [7, 11) is 0. The molecule has 20 heavy (non-hydrogen) atoms. The number of carbonyl (C=O) groups is 1. The number of rotatable bonds is 1. The normalized spacial score (nSPS) is 17.6. The summed E-state index contributed by atoms with van der Waals surface area (Å²) in [6.07, 6.45) is -0.859. The molecule has 0 fully saturated rings. The van der Waals surface area contributed by atoms with Gasteiger partial charge in [0.1, 0.15) is 6.17 Å². The Kier molecular flexibility index (Phi) is 3.30. The molecule has 0 spiro atoms. The van der Waals surface area contributed by atoms with Crippen molar-refractivity contribution in [2.75, 3.05) is 5.32 Å². The summed E-state index contributed by atoms with van der Waals surface area (Å²) in [4.78, 5) is 12.1. The number of halogens is 2. The third-order valence-electron chi connectivity index (χ3n) is 3.14. The van der Waals surface area contributed by atoms with Crippen LogP contribution >= 0.6 is 23.2 Å². The van der Waals surface area contributed by atoms with Crippen molar-refractivity contribution in [3.63, 3.8) is 0 Å². The van der Waals surface area contributed by atoms with Gasteiger partial charge in [-0.2, -0.15) is 0 Å². The summed E-state index contributed by atoms with van der Waals surface area (Å²) < 4.78 is 0. The first kappa shape index (κ1) is 13.2. The number of benzene rings is 2. The van der Waals surface area contributed by atoms with Gasteiger partial charge >= 0.3 is 0 Å². The number of hydrogen-bond donors (Lipinski definition) is 1. The molecule has 2 aromatic rings. The molecule has 0 saturated heterocycles. The van der Waals surface area contributed by atoms with E-state index in [2.05, 4.69) is 5.32 Å². The first-order valence-corrected chi connectivity index (χ1v) is 6.65. The minimum atomic E-state index is -0.859. The number of para-hydroxylation sites is 1. The number of nitrogens with zero attached hydrogens (tertiary/aromatic N) is 1. The molecule has 1 unspecified atom stereocenters. The first-order valence-electron chi connectivity index (χ1n) is 5.89. The van der Waals surface area contributed by atoms with Crippen LogP contribution < -0.4 is 5.32 Å². The van der Waals surface area contributed by atoms with Crippen molar-refractivity contribution in [2.45, 2.75) is 6.17 Å². The summed E-state index contributed by atoms with van der Waals surface area (Å²) in [5.41, 5.74) is 1.47. The SMILES string of the molecule is O=C1c2ccccc2NC(c2ccc(Cl)cc2Cl)N1[O-]. The van der Waals surface area contributed by atoms with Crippen LogP contribution in [-0.4, -0.2) is 11.0 Å². The van der Waals surface area contributed by atoms with Gasteiger partial charge in [-0.3, -0.25) is 4.79 Å². The maximum absolute atomic E-state index is 12.1. The second kappa shape index (κ2) is 4.98. The summed E-state index contributed by atoms with van der Waals surface area (Å²) >= 11 is 11.9. The highest BCUT2D eigenvalue weighted by Crippen LogP contribution is 2.35. The van der Waals surface area contributed by atoms with Gasteiger partial charge in [-0.05, 0) is 24.3 Å². The van der Waals surface area contributed by atoms with E-state index in [0.717, 1.165) is 0 Å². The lowest BCUT2D eigenvalue weighted by Gasteiger charge is -2.42. The molecule has 1 aliphatic rings.